The molecule has 0 aromatic heterocycles. The summed E-state index contributed by atoms with van der Waals surface area (Å²) in [5.74, 6) is 2.79. The Kier molecular flexibility index (Phi) is 10.6. The van der Waals surface area contributed by atoms with E-state index in [4.69, 9.17) is 28.4 Å². The van der Waals surface area contributed by atoms with Crippen molar-refractivity contribution in [3.63, 3.8) is 0 Å². The zero-order valence-corrected chi connectivity index (χ0v) is 27.6. The Hall–Kier alpha value is -3.47. The molecule has 0 spiro atoms. The quantitative estimate of drug-likeness (QED) is 0.213. The van der Waals surface area contributed by atoms with Crippen molar-refractivity contribution in [2.75, 3.05) is 55.7 Å². The third-order valence-corrected chi connectivity index (χ3v) is 8.51. The molecule has 0 atom stereocenters. The predicted molar refractivity (Wildman–Crippen MR) is 170 cm³/mol. The van der Waals surface area contributed by atoms with Crippen molar-refractivity contribution in [1.82, 2.24) is 4.90 Å². The highest BCUT2D eigenvalue weighted by atomic mass is 79.9. The monoisotopic (exact) mass is 701 g/mol. The summed E-state index contributed by atoms with van der Waals surface area (Å²) in [5.41, 5.74) is 3.82. The summed E-state index contributed by atoms with van der Waals surface area (Å²) in [6, 6.07) is 13.8. The van der Waals surface area contributed by atoms with E-state index in [-0.39, 0.29) is 5.78 Å². The number of benzene rings is 3. The van der Waals surface area contributed by atoms with Gasteiger partial charge in [0, 0.05) is 30.8 Å². The minimum absolute atomic E-state index is 0.0689. The number of methoxy groups -OCH3 is 6. The highest BCUT2D eigenvalue weighted by molar-refractivity contribution is 9.11. The first kappa shape index (κ1) is 31.5. The average Bonchev–Trinajstić information content (AvgIpc) is 3.00. The first-order valence-electron chi connectivity index (χ1n) is 13.0. The molecular weight excluding hydrogens is 670 g/mol. The fraction of sp³-hybridized carbons (Fsp3) is 0.281. The van der Waals surface area contributed by atoms with E-state index < -0.39 is 0 Å². The number of ketones is 1. The molecule has 10 heteroatoms. The second-order valence-corrected chi connectivity index (χ2v) is 11.0. The minimum atomic E-state index is -0.0689. The van der Waals surface area contributed by atoms with E-state index in [2.05, 4.69) is 48.9 Å². The van der Waals surface area contributed by atoms with Crippen molar-refractivity contribution in [2.24, 2.45) is 0 Å². The van der Waals surface area contributed by atoms with Gasteiger partial charge in [0.15, 0.2) is 28.8 Å². The molecule has 1 heterocycles. The molecule has 0 N–H and O–H groups in total. The lowest BCUT2D eigenvalue weighted by molar-refractivity contribution is -0.113. The van der Waals surface area contributed by atoms with E-state index >= 15 is 0 Å². The van der Waals surface area contributed by atoms with Gasteiger partial charge in [-0.15, -0.1) is 0 Å². The molecule has 42 heavy (non-hydrogen) atoms. The molecular formula is C32H33Br2NO7. The number of Topliss-reactive ketones (excluding diaryl/α,β-unsaturated/α-hetero) is 1. The molecule has 4 rings (SSSR count). The highest BCUT2D eigenvalue weighted by Crippen LogP contribution is 2.47. The number of carbonyl (C=O) groups excluding carboxylic acids is 1. The van der Waals surface area contributed by atoms with Gasteiger partial charge < -0.3 is 28.4 Å². The van der Waals surface area contributed by atoms with Gasteiger partial charge in [-0.3, -0.25) is 9.69 Å². The summed E-state index contributed by atoms with van der Waals surface area (Å²) < 4.78 is 34.7. The van der Waals surface area contributed by atoms with Gasteiger partial charge in [0.1, 0.15) is 0 Å². The molecule has 222 valence electrons. The second kappa shape index (κ2) is 14.1. The van der Waals surface area contributed by atoms with E-state index in [1.807, 2.05) is 42.5 Å². The Labute approximate surface area is 263 Å². The van der Waals surface area contributed by atoms with E-state index in [1.54, 1.807) is 42.7 Å². The third kappa shape index (κ3) is 6.45. The number of likely N-dealkylation sites (tertiary alicyclic amines) is 1. The zero-order valence-electron chi connectivity index (χ0n) is 24.4. The van der Waals surface area contributed by atoms with Crippen molar-refractivity contribution in [2.45, 2.75) is 6.54 Å². The number of halogens is 2. The molecule has 3 aromatic carbocycles. The number of hydrogen-bond acceptors (Lipinski definition) is 8. The number of rotatable bonds is 10. The molecule has 1 fully saturated rings. The van der Waals surface area contributed by atoms with Crippen LogP contribution in [0.4, 0.5) is 0 Å². The van der Waals surface area contributed by atoms with Crippen LogP contribution in [-0.4, -0.2) is 66.4 Å². The van der Waals surface area contributed by atoms with Crippen molar-refractivity contribution in [3.8, 4) is 34.5 Å². The van der Waals surface area contributed by atoms with Crippen molar-refractivity contribution >= 4 is 49.8 Å². The lowest BCUT2D eigenvalue weighted by atomic mass is 9.93. The Morgan fingerprint density at radius 1 is 0.667 bits per heavy atom. The van der Waals surface area contributed by atoms with E-state index in [9.17, 15) is 4.79 Å². The van der Waals surface area contributed by atoms with Gasteiger partial charge in [-0.2, -0.15) is 0 Å². The average molecular weight is 703 g/mol. The standard InChI is InChI=1S/C32H33Br2NO7/c1-37-24-14-20(26(33)31(41-5)29(24)39-3)12-22-17-35(16-19-10-8-7-9-11-19)18-23(28(22)36)13-21-15-25(38-2)30(40-4)32(42-6)27(21)34/h7-15H,16-18H2,1-6H3/b22-12+,23-13+. The topological polar surface area (TPSA) is 75.7 Å². The molecule has 1 aliphatic heterocycles. The van der Waals surface area contributed by atoms with Crippen LogP contribution in [0.15, 0.2) is 62.6 Å². The summed E-state index contributed by atoms with van der Waals surface area (Å²) in [6.45, 7) is 1.56. The summed E-state index contributed by atoms with van der Waals surface area (Å²) in [7, 11) is 9.34. The Morgan fingerprint density at radius 2 is 1.10 bits per heavy atom. The molecule has 0 aliphatic carbocycles. The highest BCUT2D eigenvalue weighted by Gasteiger charge is 2.28. The van der Waals surface area contributed by atoms with Crippen LogP contribution in [-0.2, 0) is 11.3 Å². The molecule has 0 bridgehead atoms. The molecule has 3 aromatic rings. The summed E-state index contributed by atoms with van der Waals surface area (Å²) in [5, 5.41) is 0. The van der Waals surface area contributed by atoms with Gasteiger partial charge in [0.2, 0.25) is 11.5 Å². The normalized spacial score (nSPS) is 15.6. The molecule has 0 radical (unpaired) electrons. The molecule has 1 saturated heterocycles. The van der Waals surface area contributed by atoms with E-state index in [1.165, 1.54) is 0 Å². The SMILES string of the molecule is COc1cc(/C=C2\CN(Cc3ccccc3)C/C(=C\c3cc(OC)c(OC)c(OC)c3Br)C2=O)c(Br)c(OC)c1OC. The predicted octanol–water partition coefficient (Wildman–Crippen LogP) is 6.82. The van der Waals surface area contributed by atoms with Crippen LogP contribution in [0.2, 0.25) is 0 Å². The Bertz CT molecular complexity index is 1430. The maximum Gasteiger partial charge on any atom is 0.204 e. The minimum Gasteiger partial charge on any atom is -0.493 e. The van der Waals surface area contributed by atoms with Crippen molar-refractivity contribution < 1.29 is 33.2 Å². The van der Waals surface area contributed by atoms with E-state index in [0.717, 1.165) is 16.7 Å². The maximum atomic E-state index is 14.1. The van der Waals surface area contributed by atoms with Crippen LogP contribution >= 0.6 is 31.9 Å². The third-order valence-electron chi connectivity index (χ3n) is 6.87. The molecule has 1 aliphatic rings. The zero-order chi connectivity index (χ0) is 30.4. The fourth-order valence-electron chi connectivity index (χ4n) is 4.93. The van der Waals surface area contributed by atoms with Gasteiger partial charge >= 0.3 is 0 Å². The van der Waals surface area contributed by atoms with Gasteiger partial charge in [-0.1, -0.05) is 30.3 Å². The van der Waals surface area contributed by atoms with Gasteiger partial charge in [-0.25, -0.2) is 0 Å². The van der Waals surface area contributed by atoms with Crippen LogP contribution in [0, 0.1) is 0 Å². The van der Waals surface area contributed by atoms with Crippen LogP contribution < -0.4 is 28.4 Å². The summed E-state index contributed by atoms with van der Waals surface area (Å²) in [4.78, 5) is 16.3. The maximum absolute atomic E-state index is 14.1. The molecule has 0 unspecified atom stereocenters. The van der Waals surface area contributed by atoms with E-state index in [0.29, 0.717) is 74.2 Å². The Balaban J connectivity index is 1.86. The van der Waals surface area contributed by atoms with Gasteiger partial charge in [-0.05, 0) is 72.8 Å². The van der Waals surface area contributed by atoms with Crippen LogP contribution in [0.1, 0.15) is 16.7 Å². The summed E-state index contributed by atoms with van der Waals surface area (Å²) >= 11 is 7.29. The van der Waals surface area contributed by atoms with Gasteiger partial charge in [0.25, 0.3) is 0 Å². The number of piperidine rings is 1. The lowest BCUT2D eigenvalue weighted by Gasteiger charge is -2.30. The molecule has 0 saturated carbocycles. The Morgan fingerprint density at radius 3 is 1.48 bits per heavy atom. The van der Waals surface area contributed by atoms with Crippen molar-refractivity contribution in [1.29, 1.82) is 0 Å². The number of nitrogens with zero attached hydrogens (tertiary/aromatic N) is 1. The van der Waals surface area contributed by atoms with Crippen molar-refractivity contribution in [3.05, 3.63) is 79.2 Å². The molecule has 8 nitrogen and oxygen atoms in total. The lowest BCUT2D eigenvalue weighted by Crippen LogP contribution is -2.37. The summed E-state index contributed by atoms with van der Waals surface area (Å²) in [6.07, 6.45) is 3.73. The van der Waals surface area contributed by atoms with Crippen LogP contribution in [0.25, 0.3) is 12.2 Å². The second-order valence-electron chi connectivity index (χ2n) is 9.40. The molecule has 0 amide bonds. The largest absolute Gasteiger partial charge is 0.493 e. The smallest absolute Gasteiger partial charge is 0.204 e. The van der Waals surface area contributed by atoms with Crippen LogP contribution in [0.3, 0.4) is 0 Å². The first-order chi connectivity index (χ1) is 20.3. The number of carbonyl (C=O) groups is 1. The van der Waals surface area contributed by atoms with Gasteiger partial charge in [0.05, 0.1) is 51.6 Å². The number of hydrogen-bond donors (Lipinski definition) is 0. The number of ether oxygens (including phenoxy) is 6. The van der Waals surface area contributed by atoms with Crippen LogP contribution in [0.5, 0.6) is 34.5 Å². The fourth-order valence-corrected chi connectivity index (χ4v) is 6.07. The first-order valence-corrected chi connectivity index (χ1v) is 14.6.